The van der Waals surface area contributed by atoms with E-state index < -0.39 is 5.76 Å². The lowest BCUT2D eigenvalue weighted by atomic mass is 10.1. The third-order valence-electron chi connectivity index (χ3n) is 4.66. The van der Waals surface area contributed by atoms with Crippen molar-refractivity contribution in [2.75, 3.05) is 26.0 Å². The van der Waals surface area contributed by atoms with Crippen LogP contribution in [-0.2, 0) is 6.54 Å². The van der Waals surface area contributed by atoms with Gasteiger partial charge in [0, 0.05) is 28.8 Å². The van der Waals surface area contributed by atoms with Gasteiger partial charge in [0.15, 0.2) is 5.58 Å². The van der Waals surface area contributed by atoms with Crippen molar-refractivity contribution in [2.45, 2.75) is 6.54 Å². The summed E-state index contributed by atoms with van der Waals surface area (Å²) in [6.45, 7) is 1.19. The minimum absolute atomic E-state index is 0.323. The zero-order valence-electron chi connectivity index (χ0n) is 16.5. The second-order valence-electron chi connectivity index (χ2n) is 7.13. The molecule has 9 heteroatoms. The zero-order chi connectivity index (χ0) is 21.3. The molecule has 2 heterocycles. The van der Waals surface area contributed by atoms with Crippen LogP contribution in [0.25, 0.3) is 22.4 Å². The molecule has 0 aliphatic rings. The third kappa shape index (κ3) is 4.22. The van der Waals surface area contributed by atoms with Crippen LogP contribution < -0.4 is 11.1 Å². The largest absolute Gasteiger partial charge is 0.419 e. The summed E-state index contributed by atoms with van der Waals surface area (Å²) in [4.78, 5) is 26.8. The van der Waals surface area contributed by atoms with Crippen molar-refractivity contribution < 1.29 is 9.21 Å². The maximum Gasteiger partial charge on any atom is 0.419 e. The molecule has 1 amide bonds. The summed E-state index contributed by atoms with van der Waals surface area (Å²) in [6.07, 6.45) is 0. The second-order valence-corrected chi connectivity index (χ2v) is 8.05. The minimum atomic E-state index is -0.414. The molecule has 0 saturated heterocycles. The van der Waals surface area contributed by atoms with Gasteiger partial charge in [0.2, 0.25) is 0 Å². The van der Waals surface area contributed by atoms with Gasteiger partial charge in [-0.15, -0.1) is 0 Å². The second kappa shape index (κ2) is 8.29. The molecule has 154 valence electrons. The lowest BCUT2D eigenvalue weighted by Crippen LogP contribution is -2.23. The highest BCUT2D eigenvalue weighted by Crippen LogP contribution is 2.22. The highest BCUT2D eigenvalue weighted by Gasteiger charge is 2.14. The summed E-state index contributed by atoms with van der Waals surface area (Å²) < 4.78 is 7.83. The Morgan fingerprint density at radius 2 is 1.97 bits per heavy atom. The highest BCUT2D eigenvalue weighted by atomic mass is 79.9. The van der Waals surface area contributed by atoms with Gasteiger partial charge in [0.1, 0.15) is 5.69 Å². The number of oxazole rings is 1. The van der Waals surface area contributed by atoms with Crippen molar-refractivity contribution in [1.82, 2.24) is 19.7 Å². The lowest BCUT2D eigenvalue weighted by molar-refractivity contribution is 0.102. The van der Waals surface area contributed by atoms with Crippen LogP contribution >= 0.6 is 15.9 Å². The Morgan fingerprint density at radius 1 is 1.20 bits per heavy atom. The first-order chi connectivity index (χ1) is 14.4. The molecule has 2 aromatic heterocycles. The van der Waals surface area contributed by atoms with Crippen molar-refractivity contribution in [3.63, 3.8) is 0 Å². The SMILES string of the molecule is CN(C)CCn1c(=O)oc2ccc(NC(=O)c3cc(-c4ccc(Br)cc4)n[nH]3)cc21. The Labute approximate surface area is 180 Å². The Kier molecular flexibility index (Phi) is 5.56. The molecule has 2 aromatic carbocycles. The van der Waals surface area contributed by atoms with Crippen LogP contribution in [0, 0.1) is 0 Å². The predicted molar refractivity (Wildman–Crippen MR) is 119 cm³/mol. The molecule has 0 saturated carbocycles. The van der Waals surface area contributed by atoms with Crippen LogP contribution in [0.3, 0.4) is 0 Å². The van der Waals surface area contributed by atoms with E-state index in [-0.39, 0.29) is 5.91 Å². The first kappa shape index (κ1) is 20.1. The highest BCUT2D eigenvalue weighted by molar-refractivity contribution is 9.10. The third-order valence-corrected chi connectivity index (χ3v) is 5.19. The van der Waals surface area contributed by atoms with Gasteiger partial charge in [-0.05, 0) is 50.5 Å². The predicted octanol–water partition coefficient (Wildman–Crippen LogP) is 3.56. The van der Waals surface area contributed by atoms with E-state index >= 15 is 0 Å². The number of benzene rings is 2. The van der Waals surface area contributed by atoms with Crippen LogP contribution in [0.2, 0.25) is 0 Å². The van der Waals surface area contributed by atoms with E-state index in [0.29, 0.717) is 41.3 Å². The van der Waals surface area contributed by atoms with E-state index in [1.807, 2.05) is 43.3 Å². The normalized spacial score (nSPS) is 11.3. The first-order valence-corrected chi connectivity index (χ1v) is 10.1. The van der Waals surface area contributed by atoms with E-state index in [2.05, 4.69) is 31.4 Å². The standard InChI is InChI=1S/C21H20BrN5O3/c1-26(2)9-10-27-18-11-15(7-8-19(18)30-21(27)29)23-20(28)17-12-16(24-25-17)13-3-5-14(22)6-4-13/h3-8,11-12H,9-10H2,1-2H3,(H,23,28)(H,24,25). The Balaban J connectivity index is 1.55. The number of halogens is 1. The van der Waals surface area contributed by atoms with Gasteiger partial charge in [0.05, 0.1) is 11.2 Å². The quantitative estimate of drug-likeness (QED) is 0.449. The van der Waals surface area contributed by atoms with Crippen LogP contribution in [0.15, 0.2) is 62.2 Å². The Morgan fingerprint density at radius 3 is 2.70 bits per heavy atom. The molecule has 0 fully saturated rings. The maximum atomic E-state index is 12.7. The topological polar surface area (TPSA) is 96.2 Å². The van der Waals surface area contributed by atoms with E-state index in [1.54, 1.807) is 28.8 Å². The van der Waals surface area contributed by atoms with E-state index in [4.69, 9.17) is 4.42 Å². The molecule has 0 unspecified atom stereocenters. The number of H-pyrrole nitrogens is 1. The van der Waals surface area contributed by atoms with Gasteiger partial charge in [-0.3, -0.25) is 14.5 Å². The van der Waals surface area contributed by atoms with Gasteiger partial charge < -0.3 is 14.6 Å². The van der Waals surface area contributed by atoms with Crippen molar-refractivity contribution in [2.24, 2.45) is 0 Å². The summed E-state index contributed by atoms with van der Waals surface area (Å²) in [6, 6.07) is 14.5. The molecule has 0 radical (unpaired) electrons. The zero-order valence-corrected chi connectivity index (χ0v) is 18.1. The number of nitrogens with one attached hydrogen (secondary N) is 2. The van der Waals surface area contributed by atoms with E-state index in [9.17, 15) is 9.59 Å². The molecule has 0 aliphatic carbocycles. The molecule has 2 N–H and O–H groups in total. The number of hydrogen-bond donors (Lipinski definition) is 2. The molecule has 0 spiro atoms. The fraction of sp³-hybridized carbons (Fsp3) is 0.190. The number of aromatic amines is 1. The van der Waals surface area contributed by atoms with E-state index in [0.717, 1.165) is 10.0 Å². The fourth-order valence-electron chi connectivity index (χ4n) is 3.06. The number of rotatable bonds is 6. The summed E-state index contributed by atoms with van der Waals surface area (Å²) in [5.41, 5.74) is 3.60. The number of hydrogen-bond acceptors (Lipinski definition) is 5. The number of amides is 1. The molecule has 0 atom stereocenters. The Hall–Kier alpha value is -3.17. The van der Waals surface area contributed by atoms with Gasteiger partial charge in [-0.25, -0.2) is 4.79 Å². The van der Waals surface area contributed by atoms with Crippen molar-refractivity contribution in [1.29, 1.82) is 0 Å². The summed E-state index contributed by atoms with van der Waals surface area (Å²) >= 11 is 3.40. The molecular weight excluding hydrogens is 450 g/mol. The monoisotopic (exact) mass is 469 g/mol. The number of carbonyl (C=O) groups excluding carboxylic acids is 1. The van der Waals surface area contributed by atoms with Crippen LogP contribution in [0.1, 0.15) is 10.5 Å². The number of anilines is 1. The van der Waals surface area contributed by atoms with E-state index in [1.165, 1.54) is 0 Å². The number of likely N-dealkylation sites (N-methyl/N-ethyl adjacent to an activating group) is 1. The van der Waals surface area contributed by atoms with Crippen LogP contribution in [0.5, 0.6) is 0 Å². The number of fused-ring (bicyclic) bond motifs is 1. The van der Waals surface area contributed by atoms with Crippen molar-refractivity contribution in [3.05, 3.63) is 69.2 Å². The van der Waals surface area contributed by atoms with Crippen LogP contribution in [0.4, 0.5) is 5.69 Å². The molecule has 4 aromatic rings. The maximum absolute atomic E-state index is 12.7. The van der Waals surface area contributed by atoms with Crippen molar-refractivity contribution >= 4 is 38.6 Å². The molecule has 0 bridgehead atoms. The van der Waals surface area contributed by atoms with Gasteiger partial charge in [-0.2, -0.15) is 5.10 Å². The summed E-state index contributed by atoms with van der Waals surface area (Å²) in [7, 11) is 3.87. The fourth-order valence-corrected chi connectivity index (χ4v) is 3.32. The van der Waals surface area contributed by atoms with Crippen LogP contribution in [-0.4, -0.2) is 46.2 Å². The van der Waals surface area contributed by atoms with Crippen molar-refractivity contribution in [3.8, 4) is 11.3 Å². The van der Waals surface area contributed by atoms with Gasteiger partial charge in [-0.1, -0.05) is 28.1 Å². The molecule has 30 heavy (non-hydrogen) atoms. The summed E-state index contributed by atoms with van der Waals surface area (Å²) in [5, 5.41) is 9.83. The smallest absolute Gasteiger partial charge is 0.408 e. The minimum Gasteiger partial charge on any atom is -0.408 e. The molecular formula is C21H20BrN5O3. The molecule has 4 rings (SSSR count). The number of carbonyl (C=O) groups is 1. The van der Waals surface area contributed by atoms with Gasteiger partial charge >= 0.3 is 5.76 Å². The average Bonchev–Trinajstić information content (AvgIpc) is 3.31. The van der Waals surface area contributed by atoms with Gasteiger partial charge in [0.25, 0.3) is 5.91 Å². The average molecular weight is 470 g/mol. The number of nitrogens with zero attached hydrogens (tertiary/aromatic N) is 3. The Bertz CT molecular complexity index is 1250. The molecule has 0 aliphatic heterocycles. The lowest BCUT2D eigenvalue weighted by Gasteiger charge is -2.09. The first-order valence-electron chi connectivity index (χ1n) is 9.31. The summed E-state index contributed by atoms with van der Waals surface area (Å²) in [5.74, 6) is -0.737. The number of aromatic nitrogens is 3. The molecule has 8 nitrogen and oxygen atoms in total.